The van der Waals surface area contributed by atoms with Crippen molar-refractivity contribution >= 4 is 23.6 Å². The van der Waals surface area contributed by atoms with Crippen molar-refractivity contribution in [2.24, 2.45) is 0 Å². The van der Waals surface area contributed by atoms with E-state index in [9.17, 15) is 4.79 Å². The zero-order chi connectivity index (χ0) is 19.8. The van der Waals surface area contributed by atoms with Crippen molar-refractivity contribution in [2.45, 2.75) is 57.5 Å². The number of piperidine rings is 1. The largest absolute Gasteiger partial charge is 0.355 e. The molecule has 1 N–H and O–H groups in total. The van der Waals surface area contributed by atoms with Crippen LogP contribution in [0.3, 0.4) is 0 Å². The smallest absolute Gasteiger partial charge is 0.232 e. The summed E-state index contributed by atoms with van der Waals surface area (Å²) in [6.07, 6.45) is 6.98. The van der Waals surface area contributed by atoms with Crippen molar-refractivity contribution in [3.63, 3.8) is 0 Å². The molecule has 0 saturated carbocycles. The zero-order valence-corrected chi connectivity index (χ0v) is 17.8. The summed E-state index contributed by atoms with van der Waals surface area (Å²) in [5, 5.41) is 12.7. The monoisotopic (exact) mass is 401 g/mol. The second kappa shape index (κ2) is 10.5. The fourth-order valence-corrected chi connectivity index (χ4v) is 4.14. The highest BCUT2D eigenvalue weighted by molar-refractivity contribution is 7.99. The Labute approximate surface area is 172 Å². The van der Waals surface area contributed by atoms with E-state index in [0.29, 0.717) is 5.75 Å². The van der Waals surface area contributed by atoms with Crippen LogP contribution in [0.2, 0.25) is 0 Å². The second-order valence-corrected chi connectivity index (χ2v) is 8.29. The number of hydrogen-bond donors (Lipinski definition) is 1. The van der Waals surface area contributed by atoms with E-state index in [4.69, 9.17) is 0 Å². The fraction of sp³-hybridized carbons (Fsp3) is 0.571. The molecule has 1 aromatic heterocycles. The van der Waals surface area contributed by atoms with Crippen LogP contribution in [0.5, 0.6) is 0 Å². The lowest BCUT2D eigenvalue weighted by molar-refractivity contribution is -0.118. The fourth-order valence-electron chi connectivity index (χ4n) is 3.36. The number of carbonyl (C=O) groups excluding carboxylic acids is 1. The molecular weight excluding hydrogens is 370 g/mol. The average Bonchev–Trinajstić information content (AvgIpc) is 3.15. The number of aryl methyl sites for hydroxylation is 1. The average molecular weight is 402 g/mol. The minimum absolute atomic E-state index is 0.0547. The number of aromatic nitrogens is 3. The van der Waals surface area contributed by atoms with Crippen LogP contribution in [0.1, 0.15) is 51.0 Å². The van der Waals surface area contributed by atoms with Crippen LogP contribution in [0, 0.1) is 6.92 Å². The molecule has 0 unspecified atom stereocenters. The lowest BCUT2D eigenvalue weighted by Crippen LogP contribution is -2.31. The molecule has 0 radical (unpaired) electrons. The van der Waals surface area contributed by atoms with Crippen LogP contribution < -0.4 is 10.2 Å². The molecule has 2 aromatic rings. The summed E-state index contributed by atoms with van der Waals surface area (Å²) in [6, 6.07) is 8.40. The normalized spacial score (nSPS) is 14.3. The molecule has 1 fully saturated rings. The van der Waals surface area contributed by atoms with E-state index in [0.717, 1.165) is 55.7 Å². The second-order valence-electron chi connectivity index (χ2n) is 7.35. The molecule has 0 atom stereocenters. The van der Waals surface area contributed by atoms with E-state index in [1.165, 1.54) is 36.6 Å². The molecule has 1 saturated heterocycles. The summed E-state index contributed by atoms with van der Waals surface area (Å²) >= 11 is 1.45. The Hall–Kier alpha value is -2.02. The van der Waals surface area contributed by atoms with Gasteiger partial charge in [-0.25, -0.2) is 0 Å². The summed E-state index contributed by atoms with van der Waals surface area (Å²) in [5.74, 6) is 1.30. The van der Waals surface area contributed by atoms with Crippen molar-refractivity contribution in [2.75, 3.05) is 30.3 Å². The number of anilines is 1. The van der Waals surface area contributed by atoms with Gasteiger partial charge in [-0.15, -0.1) is 10.2 Å². The highest BCUT2D eigenvalue weighted by atomic mass is 32.2. The van der Waals surface area contributed by atoms with Gasteiger partial charge in [0.25, 0.3) is 0 Å². The van der Waals surface area contributed by atoms with E-state index < -0.39 is 0 Å². The molecule has 1 aromatic carbocycles. The molecule has 0 bridgehead atoms. The van der Waals surface area contributed by atoms with Crippen LogP contribution in [0.25, 0.3) is 5.69 Å². The van der Waals surface area contributed by atoms with Gasteiger partial charge in [-0.3, -0.25) is 9.36 Å². The van der Waals surface area contributed by atoms with Crippen LogP contribution in [-0.2, 0) is 4.79 Å². The molecule has 28 heavy (non-hydrogen) atoms. The lowest BCUT2D eigenvalue weighted by atomic mass is 10.1. The minimum Gasteiger partial charge on any atom is -0.355 e. The summed E-state index contributed by atoms with van der Waals surface area (Å²) in [5.41, 5.74) is 2.26. The van der Waals surface area contributed by atoms with Crippen molar-refractivity contribution in [1.29, 1.82) is 0 Å². The van der Waals surface area contributed by atoms with Gasteiger partial charge in [0.2, 0.25) is 11.9 Å². The Kier molecular flexibility index (Phi) is 7.77. The van der Waals surface area contributed by atoms with Gasteiger partial charge in [0.1, 0.15) is 0 Å². The summed E-state index contributed by atoms with van der Waals surface area (Å²) in [4.78, 5) is 14.5. The van der Waals surface area contributed by atoms with Crippen LogP contribution in [0.4, 0.5) is 5.95 Å². The van der Waals surface area contributed by atoms with Crippen LogP contribution in [0.15, 0.2) is 29.4 Å². The first-order valence-corrected chi connectivity index (χ1v) is 11.3. The van der Waals surface area contributed by atoms with Gasteiger partial charge in [0.05, 0.1) is 11.4 Å². The van der Waals surface area contributed by atoms with Crippen molar-refractivity contribution < 1.29 is 4.79 Å². The number of rotatable bonds is 9. The zero-order valence-electron chi connectivity index (χ0n) is 17.0. The number of hydrogen-bond acceptors (Lipinski definition) is 5. The van der Waals surface area contributed by atoms with Gasteiger partial charge >= 0.3 is 0 Å². The molecule has 7 heteroatoms. The predicted molar refractivity (Wildman–Crippen MR) is 115 cm³/mol. The molecule has 1 amide bonds. The molecule has 152 valence electrons. The topological polar surface area (TPSA) is 63.1 Å². The van der Waals surface area contributed by atoms with Crippen molar-refractivity contribution in [1.82, 2.24) is 20.1 Å². The Morgan fingerprint density at radius 1 is 1.11 bits per heavy atom. The quantitative estimate of drug-likeness (QED) is 0.509. The molecule has 1 aliphatic rings. The summed E-state index contributed by atoms with van der Waals surface area (Å²) in [6.45, 7) is 7.01. The Morgan fingerprint density at radius 3 is 2.57 bits per heavy atom. The summed E-state index contributed by atoms with van der Waals surface area (Å²) < 4.78 is 2.10. The van der Waals surface area contributed by atoms with E-state index in [1.54, 1.807) is 0 Å². The summed E-state index contributed by atoms with van der Waals surface area (Å²) in [7, 11) is 0. The Morgan fingerprint density at radius 2 is 1.86 bits per heavy atom. The first-order valence-electron chi connectivity index (χ1n) is 10.4. The number of carbonyl (C=O) groups is 1. The standard InChI is InChI=1S/C21H31N5OS/c1-3-4-6-13-22-19(27)16-28-21-24-23-20(25-14-7-5-8-15-25)26(21)18-11-9-17(2)10-12-18/h9-12H,3-8,13-16H2,1-2H3,(H,22,27). The van der Waals surface area contributed by atoms with Gasteiger partial charge in [-0.2, -0.15) is 0 Å². The molecule has 3 rings (SSSR count). The van der Waals surface area contributed by atoms with Crippen LogP contribution >= 0.6 is 11.8 Å². The maximum Gasteiger partial charge on any atom is 0.232 e. The molecule has 6 nitrogen and oxygen atoms in total. The van der Waals surface area contributed by atoms with E-state index in [1.807, 2.05) is 0 Å². The first-order chi connectivity index (χ1) is 13.7. The number of unbranched alkanes of at least 4 members (excludes halogenated alkanes) is 2. The first kappa shape index (κ1) is 20.7. The number of nitrogens with one attached hydrogen (secondary N) is 1. The van der Waals surface area contributed by atoms with Gasteiger partial charge in [-0.1, -0.05) is 49.2 Å². The lowest BCUT2D eigenvalue weighted by Gasteiger charge is -2.27. The maximum absolute atomic E-state index is 12.2. The van der Waals surface area contributed by atoms with E-state index in [2.05, 4.69) is 63.1 Å². The number of thioether (sulfide) groups is 1. The minimum atomic E-state index is 0.0547. The third-order valence-corrected chi connectivity index (χ3v) is 5.91. The van der Waals surface area contributed by atoms with Gasteiger partial charge < -0.3 is 10.2 Å². The van der Waals surface area contributed by atoms with Gasteiger partial charge in [-0.05, 0) is 44.7 Å². The number of benzene rings is 1. The molecule has 0 aliphatic carbocycles. The Bertz CT molecular complexity index is 753. The van der Waals surface area contributed by atoms with Crippen molar-refractivity contribution in [3.8, 4) is 5.69 Å². The molecule has 1 aliphatic heterocycles. The highest BCUT2D eigenvalue weighted by Gasteiger charge is 2.22. The molecule has 0 spiro atoms. The predicted octanol–water partition coefficient (Wildman–Crippen LogP) is 3.96. The van der Waals surface area contributed by atoms with Crippen molar-refractivity contribution in [3.05, 3.63) is 29.8 Å². The Balaban J connectivity index is 1.74. The van der Waals surface area contributed by atoms with E-state index >= 15 is 0 Å². The maximum atomic E-state index is 12.2. The SMILES string of the molecule is CCCCCNC(=O)CSc1nnc(N2CCCCC2)n1-c1ccc(C)cc1. The number of nitrogens with zero attached hydrogens (tertiary/aromatic N) is 4. The highest BCUT2D eigenvalue weighted by Crippen LogP contribution is 2.28. The third-order valence-electron chi connectivity index (χ3n) is 4.98. The van der Waals surface area contributed by atoms with Gasteiger partial charge in [0.15, 0.2) is 5.16 Å². The van der Waals surface area contributed by atoms with Gasteiger partial charge in [0, 0.05) is 19.6 Å². The third kappa shape index (κ3) is 5.50. The van der Waals surface area contributed by atoms with Crippen LogP contribution in [-0.4, -0.2) is 46.1 Å². The number of amides is 1. The van der Waals surface area contributed by atoms with E-state index in [-0.39, 0.29) is 5.91 Å². The molecular formula is C21H31N5OS. The molecule has 2 heterocycles.